The maximum Gasteiger partial charge on any atom is 0.425 e. The second-order valence-corrected chi connectivity index (χ2v) is 11.2. The number of alkyl halides is 3. The number of rotatable bonds is 5. The number of pyridine rings is 2. The van der Waals surface area contributed by atoms with Crippen LogP contribution < -0.4 is 9.64 Å². The number of hydrogen-bond acceptors (Lipinski definition) is 7. The lowest BCUT2D eigenvalue weighted by Crippen LogP contribution is -2.44. The normalized spacial score (nSPS) is 12.1. The van der Waals surface area contributed by atoms with Gasteiger partial charge < -0.3 is 14.2 Å². The number of nitrogens with zero attached hydrogens (tertiary/aromatic N) is 3. The molecule has 8 nitrogen and oxygen atoms in total. The van der Waals surface area contributed by atoms with Crippen LogP contribution in [0.5, 0.6) is 11.5 Å². The zero-order chi connectivity index (χ0) is 31.6. The van der Waals surface area contributed by atoms with Crippen LogP contribution in [0.15, 0.2) is 42.9 Å². The van der Waals surface area contributed by atoms with Gasteiger partial charge in [0.2, 0.25) is 0 Å². The molecule has 0 bridgehead atoms. The Bertz CT molecular complexity index is 1450. The first kappa shape index (κ1) is 32.2. The Morgan fingerprint density at radius 1 is 0.857 bits per heavy atom. The average Bonchev–Trinajstić information content (AvgIpc) is 2.82. The van der Waals surface area contributed by atoms with Gasteiger partial charge in [0.1, 0.15) is 17.0 Å². The van der Waals surface area contributed by atoms with E-state index in [-0.39, 0.29) is 17.7 Å². The summed E-state index contributed by atoms with van der Waals surface area (Å²) in [4.78, 5) is 34.2. The van der Waals surface area contributed by atoms with Crippen LogP contribution >= 0.6 is 0 Å². The minimum absolute atomic E-state index is 0.000113. The zero-order valence-electron chi connectivity index (χ0n) is 24.0. The molecule has 0 aliphatic rings. The zero-order valence-corrected chi connectivity index (χ0v) is 24.0. The topological polar surface area (TPSA) is 90.9 Å². The van der Waals surface area contributed by atoms with Gasteiger partial charge in [-0.2, -0.15) is 18.1 Å². The van der Waals surface area contributed by atoms with Gasteiger partial charge in [-0.25, -0.2) is 23.4 Å². The van der Waals surface area contributed by atoms with Crippen LogP contribution in [0, 0.1) is 18.6 Å². The Morgan fingerprint density at radius 2 is 1.45 bits per heavy atom. The molecule has 0 unspecified atom stereocenters. The third kappa shape index (κ3) is 8.14. The quantitative estimate of drug-likeness (QED) is 0.275. The SMILES string of the molecule is Cc1c(Cc2ccnc(N(C(=O)OC(C)(C)C)C(=O)OC(C)(C)C)c2F)cncc1Oc1ccc(C(F)(F)F)cc1F. The molecule has 2 amide bonds. The number of carbonyl (C=O) groups is 2. The average molecular weight is 596 g/mol. The van der Waals surface area contributed by atoms with Gasteiger partial charge in [0.25, 0.3) is 0 Å². The highest BCUT2D eigenvalue weighted by Gasteiger charge is 2.36. The molecular formula is C29H30F5N3O5. The van der Waals surface area contributed by atoms with Crippen LogP contribution in [0.2, 0.25) is 0 Å². The van der Waals surface area contributed by atoms with E-state index in [9.17, 15) is 27.2 Å². The van der Waals surface area contributed by atoms with Crippen LogP contribution in [-0.2, 0) is 22.1 Å². The summed E-state index contributed by atoms with van der Waals surface area (Å²) in [7, 11) is 0. The van der Waals surface area contributed by atoms with Crippen LogP contribution in [0.4, 0.5) is 37.4 Å². The van der Waals surface area contributed by atoms with E-state index < -0.39 is 58.3 Å². The first-order valence-corrected chi connectivity index (χ1v) is 12.6. The lowest BCUT2D eigenvalue weighted by molar-refractivity contribution is -0.137. The molecule has 0 atom stereocenters. The first-order chi connectivity index (χ1) is 19.3. The molecule has 0 saturated carbocycles. The largest absolute Gasteiger partial charge is 0.452 e. The van der Waals surface area contributed by atoms with Gasteiger partial charge in [-0.3, -0.25) is 4.98 Å². The minimum atomic E-state index is -4.73. The Kier molecular flexibility index (Phi) is 9.13. The van der Waals surface area contributed by atoms with Crippen molar-refractivity contribution in [2.75, 3.05) is 4.90 Å². The molecule has 42 heavy (non-hydrogen) atoms. The number of halogens is 5. The molecule has 2 heterocycles. The Labute approximate surface area is 239 Å². The van der Waals surface area contributed by atoms with Crippen LogP contribution in [0.25, 0.3) is 0 Å². The number of aromatic nitrogens is 2. The van der Waals surface area contributed by atoms with Crippen molar-refractivity contribution < 1.29 is 45.8 Å². The summed E-state index contributed by atoms with van der Waals surface area (Å²) in [5, 5.41) is 0. The molecule has 3 aromatic rings. The van der Waals surface area contributed by atoms with Crippen molar-refractivity contribution in [3.05, 3.63) is 76.7 Å². The van der Waals surface area contributed by atoms with Crippen LogP contribution in [0.3, 0.4) is 0 Å². The van der Waals surface area contributed by atoms with E-state index >= 15 is 4.39 Å². The molecule has 0 saturated heterocycles. The fraction of sp³-hybridized carbons (Fsp3) is 0.379. The number of imide groups is 1. The van der Waals surface area contributed by atoms with Crippen LogP contribution in [0.1, 0.15) is 63.8 Å². The Hall–Kier alpha value is -4.29. The summed E-state index contributed by atoms with van der Waals surface area (Å²) < 4.78 is 85.0. The van der Waals surface area contributed by atoms with Crippen molar-refractivity contribution in [2.45, 2.75) is 72.3 Å². The van der Waals surface area contributed by atoms with Gasteiger partial charge in [0.05, 0.1) is 11.8 Å². The van der Waals surface area contributed by atoms with Crippen LogP contribution in [-0.4, -0.2) is 33.4 Å². The molecule has 0 aliphatic heterocycles. The molecule has 2 aromatic heterocycles. The second-order valence-electron chi connectivity index (χ2n) is 11.2. The predicted octanol–water partition coefficient (Wildman–Crippen LogP) is 8.14. The van der Waals surface area contributed by atoms with Gasteiger partial charge in [-0.05, 0) is 89.4 Å². The number of anilines is 1. The number of carbonyl (C=O) groups excluding carboxylic acids is 2. The van der Waals surface area contributed by atoms with Crippen molar-refractivity contribution in [1.82, 2.24) is 9.97 Å². The van der Waals surface area contributed by atoms with E-state index in [1.54, 1.807) is 48.5 Å². The highest BCUT2D eigenvalue weighted by Crippen LogP contribution is 2.35. The highest BCUT2D eigenvalue weighted by molar-refractivity contribution is 6.08. The lowest BCUT2D eigenvalue weighted by atomic mass is 10.0. The minimum Gasteiger partial charge on any atom is -0.452 e. The summed E-state index contributed by atoms with van der Waals surface area (Å²) in [6.07, 6.45) is -3.45. The summed E-state index contributed by atoms with van der Waals surface area (Å²) in [6.45, 7) is 11.0. The van der Waals surface area contributed by atoms with E-state index in [4.69, 9.17) is 14.2 Å². The monoisotopic (exact) mass is 595 g/mol. The fourth-order valence-electron chi connectivity index (χ4n) is 3.54. The number of hydrogen-bond donors (Lipinski definition) is 0. The Balaban J connectivity index is 1.96. The maximum atomic E-state index is 15.8. The maximum absolute atomic E-state index is 15.8. The highest BCUT2D eigenvalue weighted by atomic mass is 19.4. The fourth-order valence-corrected chi connectivity index (χ4v) is 3.54. The van der Waals surface area contributed by atoms with E-state index in [0.717, 1.165) is 6.07 Å². The van der Waals surface area contributed by atoms with Crippen molar-refractivity contribution in [3.63, 3.8) is 0 Å². The van der Waals surface area contributed by atoms with Gasteiger partial charge in [0.15, 0.2) is 23.2 Å². The molecule has 0 aliphatic carbocycles. The van der Waals surface area contributed by atoms with E-state index in [0.29, 0.717) is 28.2 Å². The number of amides is 2. The van der Waals surface area contributed by atoms with E-state index in [2.05, 4.69) is 9.97 Å². The standard InChI is InChI=1S/C29H30F5N3O5/c1-16-18(14-35-15-22(16)40-21-9-8-19(13-20(21)30)29(32,33)34)12-17-10-11-36-24(23(17)31)37(25(38)41-27(2,3)4)26(39)42-28(5,6)7/h8-11,13-15H,12H2,1-7H3. The van der Waals surface area contributed by atoms with Crippen molar-refractivity contribution in [1.29, 1.82) is 0 Å². The summed E-state index contributed by atoms with van der Waals surface area (Å²) in [5.74, 6) is -3.35. The molecule has 226 valence electrons. The summed E-state index contributed by atoms with van der Waals surface area (Å²) >= 11 is 0. The molecule has 0 N–H and O–H groups in total. The molecule has 0 radical (unpaired) electrons. The van der Waals surface area contributed by atoms with Crippen molar-refractivity contribution in [2.24, 2.45) is 0 Å². The number of benzene rings is 1. The summed E-state index contributed by atoms with van der Waals surface area (Å²) in [6, 6.07) is 3.17. The third-order valence-corrected chi connectivity index (χ3v) is 5.45. The molecular weight excluding hydrogens is 565 g/mol. The van der Waals surface area contributed by atoms with E-state index in [1.807, 2.05) is 0 Å². The van der Waals surface area contributed by atoms with Gasteiger partial charge in [-0.15, -0.1) is 0 Å². The van der Waals surface area contributed by atoms with Crippen molar-refractivity contribution >= 4 is 18.0 Å². The first-order valence-electron chi connectivity index (χ1n) is 12.6. The third-order valence-electron chi connectivity index (χ3n) is 5.45. The van der Waals surface area contributed by atoms with Gasteiger partial charge >= 0.3 is 18.4 Å². The van der Waals surface area contributed by atoms with E-state index in [1.165, 1.54) is 24.7 Å². The molecule has 0 fully saturated rings. The van der Waals surface area contributed by atoms with Gasteiger partial charge in [0, 0.05) is 18.8 Å². The Morgan fingerprint density at radius 3 is 1.98 bits per heavy atom. The van der Waals surface area contributed by atoms with Gasteiger partial charge in [-0.1, -0.05) is 0 Å². The molecule has 0 spiro atoms. The number of ether oxygens (including phenoxy) is 3. The molecule has 1 aromatic carbocycles. The summed E-state index contributed by atoms with van der Waals surface area (Å²) in [5.41, 5.74) is -2.44. The predicted molar refractivity (Wildman–Crippen MR) is 142 cm³/mol. The molecule has 13 heteroatoms. The second kappa shape index (κ2) is 11.9. The molecule has 3 rings (SSSR count). The smallest absolute Gasteiger partial charge is 0.425 e. The lowest BCUT2D eigenvalue weighted by Gasteiger charge is -2.28. The van der Waals surface area contributed by atoms with Crippen molar-refractivity contribution in [3.8, 4) is 11.5 Å².